The first kappa shape index (κ1) is 11.9. The molecular weight excluding hydrogens is 252 g/mol. The minimum absolute atomic E-state index is 0.0157. The van der Waals surface area contributed by atoms with Gasteiger partial charge >= 0.3 is 0 Å². The number of nitrogens with zero attached hydrogens (tertiary/aromatic N) is 1. The second-order valence-electron chi connectivity index (χ2n) is 4.71. The Bertz CT molecular complexity index is 441. The van der Waals surface area contributed by atoms with Gasteiger partial charge in [-0.05, 0) is 19.1 Å². The molecule has 2 aliphatic heterocycles. The molecule has 2 aliphatic rings. The average molecular weight is 269 g/mol. The lowest BCUT2D eigenvalue weighted by Gasteiger charge is -2.35. The summed E-state index contributed by atoms with van der Waals surface area (Å²) in [5.74, 6) is 1.68. The summed E-state index contributed by atoms with van der Waals surface area (Å²) >= 11 is 6.14. The summed E-state index contributed by atoms with van der Waals surface area (Å²) < 4.78 is 11.6. The first-order chi connectivity index (χ1) is 8.74. The number of hydrogen-bond donors (Lipinski definition) is 1. The highest BCUT2D eigenvalue weighted by Crippen LogP contribution is 2.40. The van der Waals surface area contributed by atoms with Crippen molar-refractivity contribution in [3.05, 3.63) is 18.2 Å². The standard InChI is InChI=1S/C13H17ClN2O2/c1-9-8-17-13-10(3-2-4-11(13)18-9)16-6-5-15-12(14)7-16/h2-4,9,12,15H,5-8H2,1H3. The van der Waals surface area contributed by atoms with E-state index in [9.17, 15) is 0 Å². The van der Waals surface area contributed by atoms with Crippen molar-refractivity contribution in [3.63, 3.8) is 0 Å². The molecule has 1 fully saturated rings. The van der Waals surface area contributed by atoms with E-state index in [0.717, 1.165) is 36.8 Å². The van der Waals surface area contributed by atoms with Gasteiger partial charge in [0.2, 0.25) is 0 Å². The van der Waals surface area contributed by atoms with Crippen LogP contribution < -0.4 is 19.7 Å². The summed E-state index contributed by atoms with van der Waals surface area (Å²) in [6, 6.07) is 6.02. The molecule has 0 amide bonds. The van der Waals surface area contributed by atoms with Gasteiger partial charge in [0.25, 0.3) is 0 Å². The third-order valence-electron chi connectivity index (χ3n) is 3.22. The Morgan fingerprint density at radius 1 is 1.44 bits per heavy atom. The zero-order chi connectivity index (χ0) is 12.5. The van der Waals surface area contributed by atoms with Crippen LogP contribution in [0.15, 0.2) is 18.2 Å². The number of benzene rings is 1. The van der Waals surface area contributed by atoms with E-state index in [0.29, 0.717) is 6.61 Å². The summed E-state index contributed by atoms with van der Waals surface area (Å²) in [5.41, 5.74) is 1.06. The second kappa shape index (κ2) is 4.86. The summed E-state index contributed by atoms with van der Waals surface area (Å²) in [7, 11) is 0. The second-order valence-corrected chi connectivity index (χ2v) is 5.24. The number of halogens is 1. The van der Waals surface area contributed by atoms with Crippen LogP contribution in [-0.2, 0) is 0 Å². The Balaban J connectivity index is 1.90. The van der Waals surface area contributed by atoms with Crippen LogP contribution in [0.2, 0.25) is 0 Å². The molecule has 2 atom stereocenters. The van der Waals surface area contributed by atoms with Gasteiger partial charge in [-0.25, -0.2) is 0 Å². The Morgan fingerprint density at radius 2 is 2.33 bits per heavy atom. The fourth-order valence-electron chi connectivity index (χ4n) is 2.37. The van der Waals surface area contributed by atoms with Gasteiger partial charge in [0.05, 0.1) is 5.69 Å². The van der Waals surface area contributed by atoms with Crippen molar-refractivity contribution in [2.24, 2.45) is 0 Å². The quantitative estimate of drug-likeness (QED) is 0.622. The highest BCUT2D eigenvalue weighted by atomic mass is 35.5. The van der Waals surface area contributed by atoms with Gasteiger partial charge in [0.15, 0.2) is 11.5 Å². The highest BCUT2D eigenvalue weighted by molar-refractivity contribution is 6.20. The molecule has 0 spiro atoms. The molecule has 4 nitrogen and oxygen atoms in total. The molecule has 0 bridgehead atoms. The molecule has 2 heterocycles. The molecule has 18 heavy (non-hydrogen) atoms. The van der Waals surface area contributed by atoms with Gasteiger partial charge < -0.3 is 14.4 Å². The van der Waals surface area contributed by atoms with Crippen molar-refractivity contribution in [1.29, 1.82) is 0 Å². The summed E-state index contributed by atoms with van der Waals surface area (Å²) in [4.78, 5) is 2.24. The van der Waals surface area contributed by atoms with E-state index in [-0.39, 0.29) is 11.6 Å². The number of hydrogen-bond acceptors (Lipinski definition) is 4. The minimum Gasteiger partial charge on any atom is -0.484 e. The van der Waals surface area contributed by atoms with E-state index >= 15 is 0 Å². The van der Waals surface area contributed by atoms with Crippen molar-refractivity contribution in [1.82, 2.24) is 5.32 Å². The van der Waals surface area contributed by atoms with Crippen LogP contribution in [0.3, 0.4) is 0 Å². The largest absolute Gasteiger partial charge is 0.484 e. The molecule has 1 aromatic carbocycles. The van der Waals surface area contributed by atoms with Crippen molar-refractivity contribution >= 4 is 17.3 Å². The number of alkyl halides is 1. The summed E-state index contributed by atoms with van der Waals surface area (Å²) in [6.45, 7) is 5.19. The molecule has 1 N–H and O–H groups in total. The third-order valence-corrected chi connectivity index (χ3v) is 3.51. The minimum atomic E-state index is -0.0157. The topological polar surface area (TPSA) is 33.7 Å². The van der Waals surface area contributed by atoms with Gasteiger partial charge in [-0.2, -0.15) is 0 Å². The van der Waals surface area contributed by atoms with E-state index in [1.54, 1.807) is 0 Å². The molecule has 1 aromatic rings. The Kier molecular flexibility index (Phi) is 3.22. The lowest BCUT2D eigenvalue weighted by molar-refractivity contribution is 0.104. The highest BCUT2D eigenvalue weighted by Gasteiger charge is 2.25. The van der Waals surface area contributed by atoms with E-state index < -0.39 is 0 Å². The van der Waals surface area contributed by atoms with Crippen LogP contribution in [0.25, 0.3) is 0 Å². The maximum atomic E-state index is 6.14. The third kappa shape index (κ3) is 2.22. The van der Waals surface area contributed by atoms with E-state index in [1.807, 2.05) is 19.1 Å². The first-order valence-corrected chi connectivity index (χ1v) is 6.72. The molecule has 2 unspecified atom stereocenters. The van der Waals surface area contributed by atoms with Gasteiger partial charge in [0.1, 0.15) is 18.2 Å². The Morgan fingerprint density at radius 3 is 3.17 bits per heavy atom. The van der Waals surface area contributed by atoms with Gasteiger partial charge in [-0.15, -0.1) is 11.6 Å². The molecule has 0 saturated carbocycles. The van der Waals surface area contributed by atoms with Crippen LogP contribution >= 0.6 is 11.6 Å². The maximum Gasteiger partial charge on any atom is 0.184 e. The van der Waals surface area contributed by atoms with Gasteiger partial charge in [0, 0.05) is 19.6 Å². The molecule has 1 saturated heterocycles. The number of ether oxygens (including phenoxy) is 2. The number of piperazine rings is 1. The lowest BCUT2D eigenvalue weighted by Crippen LogP contribution is -2.48. The zero-order valence-corrected chi connectivity index (χ0v) is 11.1. The maximum absolute atomic E-state index is 6.14. The number of fused-ring (bicyclic) bond motifs is 1. The SMILES string of the molecule is CC1COc2c(cccc2N2CCNC(Cl)C2)O1. The van der Waals surface area contributed by atoms with Crippen LogP contribution in [-0.4, -0.2) is 37.8 Å². The summed E-state index contributed by atoms with van der Waals surface area (Å²) in [5, 5.41) is 3.22. The zero-order valence-electron chi connectivity index (χ0n) is 10.4. The smallest absolute Gasteiger partial charge is 0.184 e. The van der Waals surface area contributed by atoms with Crippen LogP contribution in [0.1, 0.15) is 6.92 Å². The van der Waals surface area contributed by atoms with Gasteiger partial charge in [-0.1, -0.05) is 6.07 Å². The molecule has 0 radical (unpaired) electrons. The lowest BCUT2D eigenvalue weighted by atomic mass is 10.2. The number of rotatable bonds is 1. The van der Waals surface area contributed by atoms with Crippen LogP contribution in [0.5, 0.6) is 11.5 Å². The van der Waals surface area contributed by atoms with E-state index in [2.05, 4.69) is 16.3 Å². The fourth-order valence-corrected chi connectivity index (χ4v) is 2.64. The van der Waals surface area contributed by atoms with E-state index in [4.69, 9.17) is 21.1 Å². The summed E-state index contributed by atoms with van der Waals surface area (Å²) in [6.07, 6.45) is 0.108. The van der Waals surface area contributed by atoms with Crippen molar-refractivity contribution in [2.45, 2.75) is 18.5 Å². The van der Waals surface area contributed by atoms with Crippen LogP contribution in [0, 0.1) is 0 Å². The fraction of sp³-hybridized carbons (Fsp3) is 0.538. The molecule has 0 aliphatic carbocycles. The number of anilines is 1. The number of para-hydroxylation sites is 1. The van der Waals surface area contributed by atoms with Crippen LogP contribution in [0.4, 0.5) is 5.69 Å². The van der Waals surface area contributed by atoms with E-state index in [1.165, 1.54) is 0 Å². The Hall–Kier alpha value is -1.13. The molecular formula is C13H17ClN2O2. The normalized spacial score (nSPS) is 27.1. The van der Waals surface area contributed by atoms with Crippen molar-refractivity contribution in [2.75, 3.05) is 31.1 Å². The van der Waals surface area contributed by atoms with Gasteiger partial charge in [-0.3, -0.25) is 5.32 Å². The monoisotopic (exact) mass is 268 g/mol. The predicted octanol–water partition coefficient (Wildman–Crippen LogP) is 1.82. The van der Waals surface area contributed by atoms with Crippen molar-refractivity contribution < 1.29 is 9.47 Å². The average Bonchev–Trinajstić information content (AvgIpc) is 2.37. The molecule has 0 aromatic heterocycles. The number of nitrogens with one attached hydrogen (secondary N) is 1. The Labute approximate surface area is 112 Å². The molecule has 3 rings (SSSR count). The van der Waals surface area contributed by atoms with Crippen molar-refractivity contribution in [3.8, 4) is 11.5 Å². The molecule has 98 valence electrons. The predicted molar refractivity (Wildman–Crippen MR) is 71.9 cm³/mol. The first-order valence-electron chi connectivity index (χ1n) is 6.29. The molecule has 5 heteroatoms.